The first kappa shape index (κ1) is 13.2. The summed E-state index contributed by atoms with van der Waals surface area (Å²) in [4.78, 5) is 0. The second kappa shape index (κ2) is 5.98. The van der Waals surface area contributed by atoms with E-state index >= 15 is 0 Å². The van der Waals surface area contributed by atoms with Crippen LogP contribution in [0, 0.1) is 0 Å². The second-order valence-electron chi connectivity index (χ2n) is 4.09. The maximum atomic E-state index is 5.96. The van der Waals surface area contributed by atoms with Crippen molar-refractivity contribution in [2.75, 3.05) is 14.2 Å². The van der Waals surface area contributed by atoms with E-state index in [1.54, 1.807) is 14.2 Å². The molecule has 16 heavy (non-hydrogen) atoms. The Morgan fingerprint density at radius 3 is 2.44 bits per heavy atom. The van der Waals surface area contributed by atoms with Crippen LogP contribution in [-0.4, -0.2) is 36.3 Å². The third-order valence-electron chi connectivity index (χ3n) is 2.45. The van der Waals surface area contributed by atoms with Crippen molar-refractivity contribution in [2.24, 2.45) is 5.73 Å². The molecule has 5 heteroatoms. The summed E-state index contributed by atoms with van der Waals surface area (Å²) >= 11 is 0. The lowest BCUT2D eigenvalue weighted by Gasteiger charge is -2.19. The number of ether oxygens (including phenoxy) is 2. The number of rotatable bonds is 6. The number of nitrogens with zero attached hydrogens (tertiary/aromatic N) is 2. The van der Waals surface area contributed by atoms with Gasteiger partial charge >= 0.3 is 0 Å². The molecule has 1 aromatic heterocycles. The smallest absolute Gasteiger partial charge is 0.172 e. The first-order chi connectivity index (χ1) is 7.58. The maximum Gasteiger partial charge on any atom is 0.172 e. The van der Waals surface area contributed by atoms with Gasteiger partial charge in [0.25, 0.3) is 0 Å². The second-order valence-corrected chi connectivity index (χ2v) is 4.09. The predicted molar refractivity (Wildman–Crippen MR) is 62.1 cm³/mol. The molecule has 1 rings (SSSR count). The molecule has 0 amide bonds. The first-order valence-corrected chi connectivity index (χ1v) is 5.43. The van der Waals surface area contributed by atoms with Gasteiger partial charge in [0.05, 0.1) is 11.7 Å². The predicted octanol–water partition coefficient (Wildman–Crippen LogP) is 0.953. The molecule has 2 N–H and O–H groups in total. The lowest BCUT2D eigenvalue weighted by atomic mass is 10.1. The molecule has 92 valence electrons. The van der Waals surface area contributed by atoms with Gasteiger partial charge in [-0.05, 0) is 19.9 Å². The van der Waals surface area contributed by atoms with E-state index in [-0.39, 0.29) is 12.3 Å². The topological polar surface area (TPSA) is 62.3 Å². The normalized spacial score (nSPS) is 13.7. The van der Waals surface area contributed by atoms with E-state index in [0.717, 1.165) is 5.69 Å². The zero-order chi connectivity index (χ0) is 12.1. The summed E-state index contributed by atoms with van der Waals surface area (Å²) in [7, 11) is 3.17. The summed E-state index contributed by atoms with van der Waals surface area (Å²) in [6.07, 6.45) is 2.22. The Bertz CT molecular complexity index is 308. The van der Waals surface area contributed by atoms with Crippen molar-refractivity contribution in [3.63, 3.8) is 0 Å². The largest absolute Gasteiger partial charge is 0.354 e. The number of methoxy groups -OCH3 is 2. The van der Waals surface area contributed by atoms with Gasteiger partial charge in [-0.15, -0.1) is 0 Å². The van der Waals surface area contributed by atoms with Crippen LogP contribution in [0.4, 0.5) is 0 Å². The van der Waals surface area contributed by atoms with Crippen LogP contribution >= 0.6 is 0 Å². The van der Waals surface area contributed by atoms with Crippen molar-refractivity contribution in [1.82, 2.24) is 9.78 Å². The quantitative estimate of drug-likeness (QED) is 0.735. The van der Waals surface area contributed by atoms with Gasteiger partial charge in [-0.1, -0.05) is 0 Å². The lowest BCUT2D eigenvalue weighted by Crippen LogP contribution is -2.39. The molecule has 0 aliphatic heterocycles. The van der Waals surface area contributed by atoms with E-state index in [1.165, 1.54) is 0 Å². The molecule has 0 radical (unpaired) electrons. The highest BCUT2D eigenvalue weighted by Crippen LogP contribution is 2.08. The maximum absolute atomic E-state index is 5.96. The van der Waals surface area contributed by atoms with Crippen molar-refractivity contribution >= 4 is 0 Å². The van der Waals surface area contributed by atoms with E-state index in [9.17, 15) is 0 Å². The first-order valence-electron chi connectivity index (χ1n) is 5.43. The van der Waals surface area contributed by atoms with Crippen LogP contribution in [0.2, 0.25) is 0 Å². The molecule has 0 spiro atoms. The summed E-state index contributed by atoms with van der Waals surface area (Å²) in [6.45, 7) is 4.17. The summed E-state index contributed by atoms with van der Waals surface area (Å²) in [5, 5.41) is 4.43. The van der Waals surface area contributed by atoms with Gasteiger partial charge in [0.15, 0.2) is 6.29 Å². The van der Waals surface area contributed by atoms with Crippen LogP contribution in [0.1, 0.15) is 25.6 Å². The highest BCUT2D eigenvalue weighted by molar-refractivity contribution is 5.02. The Labute approximate surface area is 96.5 Å². The molecule has 0 saturated heterocycles. The van der Waals surface area contributed by atoms with Crippen LogP contribution in [-0.2, 0) is 15.9 Å². The average molecular weight is 227 g/mol. The molecular weight excluding hydrogens is 206 g/mol. The number of nitrogens with two attached hydrogens (primary N) is 1. The molecule has 0 aliphatic rings. The standard InChI is InChI=1S/C11H21N3O2/c1-8(2)14-6-5-9(13-14)7-10(12)11(15-3)16-4/h5-6,8,10-11H,7,12H2,1-4H3. The lowest BCUT2D eigenvalue weighted by molar-refractivity contribution is -0.116. The van der Waals surface area contributed by atoms with Gasteiger partial charge < -0.3 is 15.2 Å². The summed E-state index contributed by atoms with van der Waals surface area (Å²) in [6, 6.07) is 2.14. The molecule has 0 aromatic carbocycles. The Morgan fingerprint density at radius 1 is 1.38 bits per heavy atom. The van der Waals surface area contributed by atoms with E-state index in [4.69, 9.17) is 15.2 Å². The third-order valence-corrected chi connectivity index (χ3v) is 2.45. The molecular formula is C11H21N3O2. The number of hydrogen-bond acceptors (Lipinski definition) is 4. The van der Waals surface area contributed by atoms with Gasteiger partial charge in [0.1, 0.15) is 0 Å². The van der Waals surface area contributed by atoms with Crippen molar-refractivity contribution in [3.05, 3.63) is 18.0 Å². The highest BCUT2D eigenvalue weighted by atomic mass is 16.7. The summed E-state index contributed by atoms with van der Waals surface area (Å²) in [5.41, 5.74) is 6.92. The zero-order valence-electron chi connectivity index (χ0n) is 10.4. The molecule has 1 heterocycles. The average Bonchev–Trinajstić information content (AvgIpc) is 2.68. The Hall–Kier alpha value is -0.910. The van der Waals surface area contributed by atoms with E-state index in [2.05, 4.69) is 18.9 Å². The molecule has 1 unspecified atom stereocenters. The molecule has 1 atom stereocenters. The molecule has 0 aliphatic carbocycles. The SMILES string of the molecule is COC(OC)C(N)Cc1ccn(C(C)C)n1. The summed E-state index contributed by atoms with van der Waals surface area (Å²) in [5.74, 6) is 0. The van der Waals surface area contributed by atoms with Gasteiger partial charge in [-0.2, -0.15) is 5.10 Å². The van der Waals surface area contributed by atoms with Gasteiger partial charge in [-0.3, -0.25) is 4.68 Å². The fourth-order valence-electron chi connectivity index (χ4n) is 1.56. The minimum Gasteiger partial charge on any atom is -0.354 e. The summed E-state index contributed by atoms with van der Waals surface area (Å²) < 4.78 is 12.1. The molecule has 0 fully saturated rings. The van der Waals surface area contributed by atoms with Crippen LogP contribution < -0.4 is 5.73 Å². The Kier molecular flexibility index (Phi) is 4.92. The van der Waals surface area contributed by atoms with Gasteiger partial charge in [-0.25, -0.2) is 0 Å². The van der Waals surface area contributed by atoms with Gasteiger partial charge in [0, 0.05) is 32.9 Å². The van der Waals surface area contributed by atoms with Crippen LogP contribution in [0.5, 0.6) is 0 Å². The number of aromatic nitrogens is 2. The van der Waals surface area contributed by atoms with E-state index < -0.39 is 0 Å². The minimum atomic E-state index is -0.385. The van der Waals surface area contributed by atoms with Crippen molar-refractivity contribution in [1.29, 1.82) is 0 Å². The zero-order valence-corrected chi connectivity index (χ0v) is 10.4. The minimum absolute atomic E-state index is 0.203. The molecule has 5 nitrogen and oxygen atoms in total. The Morgan fingerprint density at radius 2 is 2.00 bits per heavy atom. The van der Waals surface area contributed by atoms with Crippen LogP contribution in [0.25, 0.3) is 0 Å². The molecule has 0 bridgehead atoms. The van der Waals surface area contributed by atoms with E-state index in [0.29, 0.717) is 12.5 Å². The Balaban J connectivity index is 2.58. The molecule has 0 saturated carbocycles. The van der Waals surface area contributed by atoms with Gasteiger partial charge in [0.2, 0.25) is 0 Å². The fourth-order valence-corrected chi connectivity index (χ4v) is 1.56. The molecule has 1 aromatic rings. The number of hydrogen-bond donors (Lipinski definition) is 1. The third kappa shape index (κ3) is 3.30. The van der Waals surface area contributed by atoms with Crippen molar-refractivity contribution in [3.8, 4) is 0 Å². The fraction of sp³-hybridized carbons (Fsp3) is 0.727. The van der Waals surface area contributed by atoms with Crippen molar-refractivity contribution in [2.45, 2.75) is 38.6 Å². The van der Waals surface area contributed by atoms with Crippen LogP contribution in [0.15, 0.2) is 12.3 Å². The van der Waals surface area contributed by atoms with Crippen LogP contribution in [0.3, 0.4) is 0 Å². The van der Waals surface area contributed by atoms with E-state index in [1.807, 2.05) is 16.9 Å². The highest BCUT2D eigenvalue weighted by Gasteiger charge is 2.18. The monoisotopic (exact) mass is 227 g/mol. The van der Waals surface area contributed by atoms with Crippen molar-refractivity contribution < 1.29 is 9.47 Å².